The van der Waals surface area contributed by atoms with Crippen LogP contribution in [0, 0.1) is 0 Å². The SMILES string of the molecule is CCOc1ccc(NC(=O)CC(=O)N/N=C/c2ccc(O)cc2)cc1. The number of hydrogen-bond donors (Lipinski definition) is 3. The molecule has 0 atom stereocenters. The number of phenolic OH excluding ortho intramolecular Hbond substituents is 1. The largest absolute Gasteiger partial charge is 0.508 e. The molecule has 0 aliphatic heterocycles. The molecule has 0 aromatic heterocycles. The van der Waals surface area contributed by atoms with Gasteiger partial charge in [-0.15, -0.1) is 0 Å². The van der Waals surface area contributed by atoms with E-state index in [0.717, 1.165) is 0 Å². The highest BCUT2D eigenvalue weighted by Gasteiger charge is 2.09. The van der Waals surface area contributed by atoms with E-state index >= 15 is 0 Å². The van der Waals surface area contributed by atoms with Gasteiger partial charge in [0.1, 0.15) is 17.9 Å². The van der Waals surface area contributed by atoms with E-state index in [-0.39, 0.29) is 12.2 Å². The predicted octanol–water partition coefficient (Wildman–Crippen LogP) is 2.27. The zero-order valence-electron chi connectivity index (χ0n) is 13.7. The summed E-state index contributed by atoms with van der Waals surface area (Å²) in [7, 11) is 0. The fourth-order valence-electron chi connectivity index (χ4n) is 1.93. The number of nitrogens with one attached hydrogen (secondary N) is 2. The molecular formula is C18H19N3O4. The molecule has 2 aromatic rings. The fourth-order valence-corrected chi connectivity index (χ4v) is 1.93. The second-order valence-electron chi connectivity index (χ2n) is 5.07. The Morgan fingerprint density at radius 1 is 1.08 bits per heavy atom. The van der Waals surface area contributed by atoms with Crippen molar-refractivity contribution < 1.29 is 19.4 Å². The lowest BCUT2D eigenvalue weighted by Gasteiger charge is -2.06. The highest BCUT2D eigenvalue weighted by Crippen LogP contribution is 2.15. The molecule has 7 heteroatoms. The molecule has 0 aliphatic rings. The fraction of sp³-hybridized carbons (Fsp3) is 0.167. The summed E-state index contributed by atoms with van der Waals surface area (Å²) in [6.07, 6.45) is 1.07. The number of hydrazone groups is 1. The van der Waals surface area contributed by atoms with Crippen molar-refractivity contribution in [3.8, 4) is 11.5 Å². The van der Waals surface area contributed by atoms with Crippen molar-refractivity contribution in [3.63, 3.8) is 0 Å². The standard InChI is InChI=1S/C18H19N3O4/c1-2-25-16-9-5-14(6-10-16)20-17(23)11-18(24)21-19-12-13-3-7-15(22)8-4-13/h3-10,12,22H,2,11H2,1H3,(H,20,23)(H,21,24)/b19-12+. The molecule has 3 N–H and O–H groups in total. The molecule has 7 nitrogen and oxygen atoms in total. The predicted molar refractivity (Wildman–Crippen MR) is 94.7 cm³/mol. The molecule has 130 valence electrons. The van der Waals surface area contributed by atoms with Crippen molar-refractivity contribution in [1.82, 2.24) is 5.43 Å². The number of phenols is 1. The van der Waals surface area contributed by atoms with Crippen LogP contribution < -0.4 is 15.5 Å². The molecule has 0 spiro atoms. The molecule has 0 radical (unpaired) electrons. The number of carbonyl (C=O) groups is 2. The highest BCUT2D eigenvalue weighted by molar-refractivity contribution is 6.03. The summed E-state index contributed by atoms with van der Waals surface area (Å²) in [6, 6.07) is 13.2. The first-order valence-electron chi connectivity index (χ1n) is 7.70. The minimum Gasteiger partial charge on any atom is -0.508 e. The summed E-state index contributed by atoms with van der Waals surface area (Å²) in [5, 5.41) is 15.5. The van der Waals surface area contributed by atoms with Gasteiger partial charge in [-0.1, -0.05) is 0 Å². The number of anilines is 1. The number of hydrogen-bond acceptors (Lipinski definition) is 5. The van der Waals surface area contributed by atoms with Crippen LogP contribution in [0.25, 0.3) is 0 Å². The van der Waals surface area contributed by atoms with E-state index in [1.54, 1.807) is 36.4 Å². The first-order valence-corrected chi connectivity index (χ1v) is 7.70. The van der Waals surface area contributed by atoms with Gasteiger partial charge in [0, 0.05) is 5.69 Å². The average Bonchev–Trinajstić information content (AvgIpc) is 2.58. The molecule has 0 aliphatic carbocycles. The summed E-state index contributed by atoms with van der Waals surface area (Å²) < 4.78 is 5.31. The Balaban J connectivity index is 1.77. The van der Waals surface area contributed by atoms with Gasteiger partial charge in [-0.05, 0) is 61.0 Å². The van der Waals surface area contributed by atoms with Gasteiger partial charge in [0.25, 0.3) is 0 Å². The lowest BCUT2D eigenvalue weighted by Crippen LogP contribution is -2.24. The van der Waals surface area contributed by atoms with E-state index in [0.29, 0.717) is 23.6 Å². The number of amides is 2. The highest BCUT2D eigenvalue weighted by atomic mass is 16.5. The maximum Gasteiger partial charge on any atom is 0.249 e. The van der Waals surface area contributed by atoms with Crippen molar-refractivity contribution in [2.45, 2.75) is 13.3 Å². The molecule has 0 bridgehead atoms. The molecule has 0 saturated heterocycles. The second kappa shape index (κ2) is 9.07. The molecule has 2 amide bonds. The Hall–Kier alpha value is -3.35. The molecule has 25 heavy (non-hydrogen) atoms. The maximum absolute atomic E-state index is 11.8. The van der Waals surface area contributed by atoms with Crippen LogP contribution in [-0.4, -0.2) is 29.7 Å². The lowest BCUT2D eigenvalue weighted by molar-refractivity contribution is -0.126. The van der Waals surface area contributed by atoms with Gasteiger partial charge >= 0.3 is 0 Å². The summed E-state index contributed by atoms with van der Waals surface area (Å²) in [5.41, 5.74) is 3.56. The zero-order valence-corrected chi connectivity index (χ0v) is 13.7. The number of aromatic hydroxyl groups is 1. The molecule has 0 unspecified atom stereocenters. The van der Waals surface area contributed by atoms with Crippen molar-refractivity contribution >= 4 is 23.7 Å². The smallest absolute Gasteiger partial charge is 0.249 e. The Morgan fingerprint density at radius 2 is 1.76 bits per heavy atom. The maximum atomic E-state index is 11.8. The summed E-state index contributed by atoms with van der Waals surface area (Å²) in [4.78, 5) is 23.5. The van der Waals surface area contributed by atoms with Crippen LogP contribution in [0.15, 0.2) is 53.6 Å². The molecule has 0 saturated carbocycles. The monoisotopic (exact) mass is 341 g/mol. The van der Waals surface area contributed by atoms with Crippen LogP contribution in [0.2, 0.25) is 0 Å². The first kappa shape index (κ1) is 18.0. The normalized spacial score (nSPS) is 10.4. The Kier molecular flexibility index (Phi) is 6.53. The third kappa shape index (κ3) is 6.34. The van der Waals surface area contributed by atoms with E-state index in [1.165, 1.54) is 18.3 Å². The van der Waals surface area contributed by atoms with E-state index in [1.807, 2.05) is 6.92 Å². The average molecular weight is 341 g/mol. The molecular weight excluding hydrogens is 322 g/mol. The van der Waals surface area contributed by atoms with Gasteiger partial charge in [0.05, 0.1) is 12.8 Å². The van der Waals surface area contributed by atoms with E-state index in [2.05, 4.69) is 15.8 Å². The van der Waals surface area contributed by atoms with Gasteiger partial charge in [-0.25, -0.2) is 5.43 Å². The Bertz CT molecular complexity index is 740. The number of ether oxygens (including phenoxy) is 1. The molecule has 2 aromatic carbocycles. The van der Waals surface area contributed by atoms with Crippen molar-refractivity contribution in [2.24, 2.45) is 5.10 Å². The van der Waals surface area contributed by atoms with Crippen LogP contribution in [0.4, 0.5) is 5.69 Å². The number of benzene rings is 2. The van der Waals surface area contributed by atoms with Gasteiger partial charge in [0.15, 0.2) is 0 Å². The van der Waals surface area contributed by atoms with Crippen molar-refractivity contribution in [1.29, 1.82) is 0 Å². The van der Waals surface area contributed by atoms with Crippen LogP contribution >= 0.6 is 0 Å². The van der Waals surface area contributed by atoms with Crippen LogP contribution in [0.5, 0.6) is 11.5 Å². The van der Waals surface area contributed by atoms with E-state index in [9.17, 15) is 9.59 Å². The topological polar surface area (TPSA) is 100 Å². The van der Waals surface area contributed by atoms with Gasteiger partial charge in [-0.2, -0.15) is 5.10 Å². The first-order chi connectivity index (χ1) is 12.1. The minimum absolute atomic E-state index is 0.146. The van der Waals surface area contributed by atoms with E-state index in [4.69, 9.17) is 9.84 Å². The van der Waals surface area contributed by atoms with Crippen LogP contribution in [0.1, 0.15) is 18.9 Å². The Morgan fingerprint density at radius 3 is 2.40 bits per heavy atom. The summed E-state index contributed by atoms with van der Waals surface area (Å²) in [5.74, 6) is -0.117. The molecule has 2 rings (SSSR count). The number of nitrogens with zero attached hydrogens (tertiary/aromatic N) is 1. The quantitative estimate of drug-likeness (QED) is 0.408. The minimum atomic E-state index is -0.529. The van der Waals surface area contributed by atoms with Crippen LogP contribution in [-0.2, 0) is 9.59 Å². The summed E-state index contributed by atoms with van der Waals surface area (Å²) in [6.45, 7) is 2.45. The van der Waals surface area contributed by atoms with Gasteiger partial charge in [0.2, 0.25) is 11.8 Å². The zero-order chi connectivity index (χ0) is 18.1. The number of rotatable bonds is 7. The summed E-state index contributed by atoms with van der Waals surface area (Å²) >= 11 is 0. The third-order valence-electron chi connectivity index (χ3n) is 3.07. The lowest BCUT2D eigenvalue weighted by atomic mass is 10.2. The Labute approximate surface area is 145 Å². The van der Waals surface area contributed by atoms with Gasteiger partial charge in [-0.3, -0.25) is 9.59 Å². The second-order valence-corrected chi connectivity index (χ2v) is 5.07. The van der Waals surface area contributed by atoms with Gasteiger partial charge < -0.3 is 15.2 Å². The van der Waals surface area contributed by atoms with Crippen molar-refractivity contribution in [3.05, 3.63) is 54.1 Å². The molecule has 0 fully saturated rings. The van der Waals surface area contributed by atoms with E-state index < -0.39 is 11.8 Å². The van der Waals surface area contributed by atoms with Crippen LogP contribution in [0.3, 0.4) is 0 Å². The van der Waals surface area contributed by atoms with Crippen molar-refractivity contribution in [2.75, 3.05) is 11.9 Å². The number of carbonyl (C=O) groups excluding carboxylic acids is 2. The molecule has 0 heterocycles. The third-order valence-corrected chi connectivity index (χ3v) is 3.07.